The van der Waals surface area contributed by atoms with Gasteiger partial charge in [-0.1, -0.05) is 36.4 Å². The number of aliphatic imine (C=N–C) groups is 1. The number of aliphatic carboxylic acids is 1. The number of benzene rings is 2. The number of carboxylic acid groups (broad SMARTS) is 1. The summed E-state index contributed by atoms with van der Waals surface area (Å²) in [6.45, 7) is 0.413. The molecule has 1 fully saturated rings. The Morgan fingerprint density at radius 2 is 1.89 bits per heavy atom. The van der Waals surface area contributed by atoms with Crippen LogP contribution in [0.4, 0.5) is 5.69 Å². The monoisotopic (exact) mass is 391 g/mol. The van der Waals surface area contributed by atoms with E-state index in [1.54, 1.807) is 4.90 Å². The number of fused-ring (bicyclic) bond motifs is 1. The van der Waals surface area contributed by atoms with E-state index in [4.69, 9.17) is 5.11 Å². The normalized spacial score (nSPS) is 17.1. The van der Waals surface area contributed by atoms with E-state index in [1.165, 1.54) is 0 Å². The van der Waals surface area contributed by atoms with E-state index in [9.17, 15) is 9.59 Å². The van der Waals surface area contributed by atoms with Crippen molar-refractivity contribution in [1.29, 1.82) is 0 Å². The highest BCUT2D eigenvalue weighted by atomic mass is 32.2. The van der Waals surface area contributed by atoms with Crippen LogP contribution >= 0.6 is 11.8 Å². The van der Waals surface area contributed by atoms with Gasteiger partial charge in [0.15, 0.2) is 5.17 Å². The summed E-state index contributed by atoms with van der Waals surface area (Å²) >= 11 is 1.09. The van der Waals surface area contributed by atoms with Crippen molar-refractivity contribution in [3.8, 4) is 0 Å². The molecule has 1 aliphatic rings. The largest absolute Gasteiger partial charge is 0.478 e. The van der Waals surface area contributed by atoms with Crippen molar-refractivity contribution in [2.75, 3.05) is 6.54 Å². The van der Waals surface area contributed by atoms with Crippen LogP contribution in [0.3, 0.4) is 0 Å². The second kappa shape index (κ2) is 7.74. The summed E-state index contributed by atoms with van der Waals surface area (Å²) in [4.78, 5) is 33.3. The van der Waals surface area contributed by atoms with Crippen molar-refractivity contribution < 1.29 is 14.7 Å². The first-order valence-corrected chi connectivity index (χ1v) is 9.56. The number of thioether (sulfide) groups is 1. The molecule has 0 saturated carbocycles. The fourth-order valence-corrected chi connectivity index (χ4v) is 4.07. The van der Waals surface area contributed by atoms with Crippen LogP contribution in [0.15, 0.2) is 76.8 Å². The second-order valence-corrected chi connectivity index (χ2v) is 7.25. The van der Waals surface area contributed by atoms with Gasteiger partial charge >= 0.3 is 5.97 Å². The molecule has 0 radical (unpaired) electrons. The third-order valence-corrected chi connectivity index (χ3v) is 5.41. The molecule has 0 bridgehead atoms. The van der Waals surface area contributed by atoms with Crippen molar-refractivity contribution in [3.63, 3.8) is 0 Å². The van der Waals surface area contributed by atoms with Gasteiger partial charge in [-0.2, -0.15) is 0 Å². The average molecular weight is 391 g/mol. The molecule has 0 aliphatic carbocycles. The van der Waals surface area contributed by atoms with Crippen molar-refractivity contribution in [3.05, 3.63) is 77.3 Å². The van der Waals surface area contributed by atoms with Crippen LogP contribution in [0.25, 0.3) is 10.9 Å². The minimum atomic E-state index is -1.15. The predicted octanol–water partition coefficient (Wildman–Crippen LogP) is 3.94. The van der Waals surface area contributed by atoms with E-state index in [-0.39, 0.29) is 10.8 Å². The van der Waals surface area contributed by atoms with Gasteiger partial charge in [0.05, 0.1) is 10.6 Å². The highest BCUT2D eigenvalue weighted by Crippen LogP contribution is 2.33. The number of nitrogens with one attached hydrogen (secondary N) is 1. The lowest BCUT2D eigenvalue weighted by atomic mass is 10.1. The molecule has 2 N–H and O–H groups in total. The zero-order chi connectivity index (χ0) is 19.5. The van der Waals surface area contributed by atoms with Gasteiger partial charge in [-0.15, -0.1) is 0 Å². The number of amides is 1. The number of hydrogen-bond donors (Lipinski definition) is 2. The molecule has 4 rings (SSSR count). The molecule has 0 spiro atoms. The quantitative estimate of drug-likeness (QED) is 0.645. The third-order valence-electron chi connectivity index (χ3n) is 4.40. The Morgan fingerprint density at radius 1 is 1.14 bits per heavy atom. The first kappa shape index (κ1) is 18.1. The van der Waals surface area contributed by atoms with Crippen molar-refractivity contribution in [2.24, 2.45) is 4.99 Å². The highest BCUT2D eigenvalue weighted by molar-refractivity contribution is 8.18. The van der Waals surface area contributed by atoms with Gasteiger partial charge in [0, 0.05) is 29.7 Å². The average Bonchev–Trinajstić information content (AvgIpc) is 3.22. The second-order valence-electron chi connectivity index (χ2n) is 6.25. The summed E-state index contributed by atoms with van der Waals surface area (Å²) in [5.74, 6) is -1.48. The molecule has 2 heterocycles. The van der Waals surface area contributed by atoms with Gasteiger partial charge < -0.3 is 10.1 Å². The van der Waals surface area contributed by atoms with E-state index in [0.717, 1.165) is 34.3 Å². The fourth-order valence-electron chi connectivity index (χ4n) is 3.08. The highest BCUT2D eigenvalue weighted by Gasteiger charge is 2.33. The SMILES string of the molecule is O=C(O)C=C1SC(=Nc2ccccc2)N(CCc2c[nH]c3ccccc23)C1=O. The summed E-state index contributed by atoms with van der Waals surface area (Å²) in [5.41, 5.74) is 2.86. The Balaban J connectivity index is 1.62. The van der Waals surface area contributed by atoms with Gasteiger partial charge in [-0.3, -0.25) is 9.69 Å². The number of H-pyrrole nitrogens is 1. The van der Waals surface area contributed by atoms with E-state index < -0.39 is 5.97 Å². The Kier molecular flexibility index (Phi) is 4.99. The first-order valence-electron chi connectivity index (χ1n) is 8.75. The zero-order valence-corrected chi connectivity index (χ0v) is 15.6. The number of para-hydroxylation sites is 2. The van der Waals surface area contributed by atoms with Crippen molar-refractivity contribution in [2.45, 2.75) is 6.42 Å². The maximum atomic E-state index is 12.7. The molecule has 0 unspecified atom stereocenters. The summed E-state index contributed by atoms with van der Waals surface area (Å²) < 4.78 is 0. The maximum absolute atomic E-state index is 12.7. The minimum Gasteiger partial charge on any atom is -0.478 e. The first-order chi connectivity index (χ1) is 13.6. The lowest BCUT2D eigenvalue weighted by Gasteiger charge is -2.15. The molecular weight excluding hydrogens is 374 g/mol. The molecule has 1 aliphatic heterocycles. The molecule has 1 saturated heterocycles. The number of carbonyl (C=O) groups is 2. The lowest BCUT2D eigenvalue weighted by Crippen LogP contribution is -2.31. The number of nitrogens with zero attached hydrogens (tertiary/aromatic N) is 2. The van der Waals surface area contributed by atoms with Gasteiger partial charge in [0.2, 0.25) is 0 Å². The predicted molar refractivity (Wildman–Crippen MR) is 111 cm³/mol. The molecule has 7 heteroatoms. The topological polar surface area (TPSA) is 85.8 Å². The van der Waals surface area contributed by atoms with Crippen LogP contribution < -0.4 is 0 Å². The van der Waals surface area contributed by atoms with E-state index in [2.05, 4.69) is 9.98 Å². The molecule has 28 heavy (non-hydrogen) atoms. The summed E-state index contributed by atoms with van der Waals surface area (Å²) in [6.07, 6.45) is 3.52. The maximum Gasteiger partial charge on any atom is 0.329 e. The lowest BCUT2D eigenvalue weighted by molar-refractivity contribution is -0.132. The van der Waals surface area contributed by atoms with Crippen LogP contribution in [-0.2, 0) is 16.0 Å². The third kappa shape index (κ3) is 3.70. The standard InChI is InChI=1S/C21H17N3O3S/c25-19(26)12-18-20(27)24(21(28-18)23-15-6-2-1-3-7-15)11-10-14-13-22-17-9-5-4-8-16(14)17/h1-9,12-13,22H,10-11H2,(H,25,26). The van der Waals surface area contributed by atoms with Gasteiger partial charge in [-0.05, 0) is 41.9 Å². The number of carbonyl (C=O) groups excluding carboxylic acids is 1. The smallest absolute Gasteiger partial charge is 0.329 e. The number of amidine groups is 1. The van der Waals surface area contributed by atoms with Gasteiger partial charge in [0.1, 0.15) is 0 Å². The molecule has 3 aromatic rings. The molecule has 140 valence electrons. The Bertz CT molecular complexity index is 1100. The minimum absolute atomic E-state index is 0.168. The van der Waals surface area contributed by atoms with Crippen LogP contribution in [0, 0.1) is 0 Å². The summed E-state index contributed by atoms with van der Waals surface area (Å²) in [5, 5.41) is 10.7. The number of carboxylic acids is 1. The zero-order valence-electron chi connectivity index (χ0n) is 14.8. The summed E-state index contributed by atoms with van der Waals surface area (Å²) in [7, 11) is 0. The fraction of sp³-hybridized carbons (Fsp3) is 0.0952. The Hall–Kier alpha value is -3.32. The van der Waals surface area contributed by atoms with E-state index in [1.807, 2.05) is 60.8 Å². The van der Waals surface area contributed by atoms with Crippen molar-refractivity contribution >= 4 is 45.4 Å². The molecule has 2 aromatic carbocycles. The number of aromatic amines is 1. The summed E-state index contributed by atoms with van der Waals surface area (Å²) in [6, 6.07) is 17.3. The molecule has 6 nitrogen and oxygen atoms in total. The van der Waals surface area contributed by atoms with Crippen LogP contribution in [0.5, 0.6) is 0 Å². The van der Waals surface area contributed by atoms with E-state index in [0.29, 0.717) is 23.8 Å². The van der Waals surface area contributed by atoms with Crippen LogP contribution in [-0.4, -0.2) is 38.6 Å². The molecule has 1 aromatic heterocycles. The van der Waals surface area contributed by atoms with Gasteiger partial charge in [0.25, 0.3) is 5.91 Å². The number of hydrogen-bond acceptors (Lipinski definition) is 4. The molecule has 1 amide bonds. The van der Waals surface area contributed by atoms with E-state index >= 15 is 0 Å². The Morgan fingerprint density at radius 3 is 2.68 bits per heavy atom. The number of rotatable bonds is 5. The molecular formula is C21H17N3O3S. The Labute approximate surface area is 165 Å². The van der Waals surface area contributed by atoms with Crippen molar-refractivity contribution in [1.82, 2.24) is 9.88 Å². The van der Waals surface area contributed by atoms with Crippen LogP contribution in [0.2, 0.25) is 0 Å². The molecule has 0 atom stereocenters. The van der Waals surface area contributed by atoms with Crippen LogP contribution in [0.1, 0.15) is 5.56 Å². The van der Waals surface area contributed by atoms with Gasteiger partial charge in [-0.25, -0.2) is 9.79 Å². The number of aromatic nitrogens is 1.